The molecule has 0 unspecified atom stereocenters. The molecule has 1 fully saturated rings. The molecule has 0 atom stereocenters. The second-order valence-electron chi connectivity index (χ2n) is 2.03. The Morgan fingerprint density at radius 1 is 1.25 bits per heavy atom. The number of hydrogen-bond acceptors (Lipinski definition) is 2. The lowest BCUT2D eigenvalue weighted by molar-refractivity contribution is -0.111. The molecule has 0 aromatic carbocycles. The highest BCUT2D eigenvalue weighted by molar-refractivity contribution is 8.13. The lowest BCUT2D eigenvalue weighted by Gasteiger charge is -1.86. The highest BCUT2D eigenvalue weighted by Crippen LogP contribution is 2.17. The van der Waals surface area contributed by atoms with Crippen molar-refractivity contribution in [3.05, 3.63) is 0 Å². The predicted octanol–water partition coefficient (Wildman–Crippen LogP) is 1.82. The third kappa shape index (κ3) is 1.86. The van der Waals surface area contributed by atoms with E-state index in [-0.39, 0.29) is 0 Å². The Morgan fingerprint density at radius 2 is 2.12 bits per heavy atom. The Balaban J connectivity index is 2.27. The van der Waals surface area contributed by atoms with Crippen LogP contribution in [0.2, 0.25) is 0 Å². The van der Waals surface area contributed by atoms with Crippen LogP contribution in [0.1, 0.15) is 25.7 Å². The summed E-state index contributed by atoms with van der Waals surface area (Å²) in [6.45, 7) is 0. The van der Waals surface area contributed by atoms with E-state index < -0.39 is 0 Å². The first-order valence-corrected chi connectivity index (χ1v) is 4.04. The molecule has 0 N–H and O–H groups in total. The summed E-state index contributed by atoms with van der Waals surface area (Å²) in [4.78, 5) is 10.6. The van der Waals surface area contributed by atoms with Gasteiger partial charge in [0.1, 0.15) is 0 Å². The lowest BCUT2D eigenvalue weighted by atomic mass is 10.2. The highest BCUT2D eigenvalue weighted by Gasteiger charge is 2.05. The Bertz CT molecular complexity index is 80.5. The van der Waals surface area contributed by atoms with Crippen molar-refractivity contribution >= 4 is 16.9 Å². The molecule has 0 bridgehead atoms. The van der Waals surface area contributed by atoms with Crippen LogP contribution in [0.15, 0.2) is 0 Å². The van der Waals surface area contributed by atoms with Gasteiger partial charge in [-0.05, 0) is 12.8 Å². The fourth-order valence-corrected chi connectivity index (χ4v) is 1.67. The quantitative estimate of drug-likeness (QED) is 0.497. The van der Waals surface area contributed by atoms with Crippen LogP contribution < -0.4 is 0 Å². The zero-order chi connectivity index (χ0) is 5.82. The van der Waals surface area contributed by atoms with E-state index in [0.717, 1.165) is 18.6 Å². The molecule has 0 aromatic heterocycles. The maximum absolute atomic E-state index is 10.6. The van der Waals surface area contributed by atoms with Crippen molar-refractivity contribution in [1.29, 1.82) is 0 Å². The van der Waals surface area contributed by atoms with Gasteiger partial charge in [0, 0.05) is 12.2 Å². The first kappa shape index (κ1) is 6.14. The van der Waals surface area contributed by atoms with Gasteiger partial charge in [-0.3, -0.25) is 4.79 Å². The first-order chi connectivity index (χ1) is 3.89. The number of rotatable bonds is 0. The van der Waals surface area contributed by atoms with Gasteiger partial charge in [-0.15, -0.1) is 0 Å². The SMILES string of the molecule is O=C1CCCCCS1. The lowest BCUT2D eigenvalue weighted by Crippen LogP contribution is -1.86. The molecule has 0 radical (unpaired) electrons. The molecule has 1 rings (SSSR count). The third-order valence-corrected chi connectivity index (χ3v) is 2.31. The van der Waals surface area contributed by atoms with Crippen LogP contribution in [0.25, 0.3) is 0 Å². The summed E-state index contributed by atoms with van der Waals surface area (Å²) in [6, 6.07) is 0. The van der Waals surface area contributed by atoms with Gasteiger partial charge in [-0.25, -0.2) is 0 Å². The zero-order valence-electron chi connectivity index (χ0n) is 4.85. The molecule has 0 amide bonds. The molecule has 0 spiro atoms. The van der Waals surface area contributed by atoms with Crippen LogP contribution in [-0.2, 0) is 4.79 Å². The minimum absolute atomic E-state index is 0.391. The van der Waals surface area contributed by atoms with E-state index in [1.807, 2.05) is 0 Å². The monoisotopic (exact) mass is 130 g/mol. The summed E-state index contributed by atoms with van der Waals surface area (Å²) >= 11 is 1.50. The summed E-state index contributed by atoms with van der Waals surface area (Å²) in [5, 5.41) is 0.391. The van der Waals surface area contributed by atoms with Crippen LogP contribution in [0.5, 0.6) is 0 Å². The number of carbonyl (C=O) groups is 1. The topological polar surface area (TPSA) is 17.1 Å². The Morgan fingerprint density at radius 3 is 3.00 bits per heavy atom. The molecule has 1 aliphatic rings. The summed E-state index contributed by atoms with van der Waals surface area (Å²) in [7, 11) is 0. The molecule has 1 saturated heterocycles. The molecule has 0 aromatic rings. The average molecular weight is 130 g/mol. The van der Waals surface area contributed by atoms with E-state index in [1.165, 1.54) is 24.6 Å². The van der Waals surface area contributed by atoms with Gasteiger partial charge in [0.2, 0.25) is 0 Å². The molecular weight excluding hydrogens is 120 g/mol. The van der Waals surface area contributed by atoms with E-state index in [4.69, 9.17) is 0 Å². The number of thioether (sulfide) groups is 1. The fraction of sp³-hybridized carbons (Fsp3) is 0.833. The van der Waals surface area contributed by atoms with Crippen molar-refractivity contribution < 1.29 is 4.79 Å². The van der Waals surface area contributed by atoms with Crippen LogP contribution in [0.4, 0.5) is 0 Å². The Labute approximate surface area is 53.8 Å². The maximum Gasteiger partial charge on any atom is 0.188 e. The van der Waals surface area contributed by atoms with Gasteiger partial charge in [0.05, 0.1) is 0 Å². The Kier molecular flexibility index (Phi) is 2.40. The fourth-order valence-electron chi connectivity index (χ4n) is 0.806. The standard InChI is InChI=1S/C6H10OS/c7-6-4-2-1-3-5-8-6/h1-5H2. The van der Waals surface area contributed by atoms with E-state index in [0.29, 0.717) is 5.12 Å². The molecule has 1 aliphatic heterocycles. The molecule has 8 heavy (non-hydrogen) atoms. The number of carbonyl (C=O) groups excluding carboxylic acids is 1. The minimum Gasteiger partial charge on any atom is -0.287 e. The van der Waals surface area contributed by atoms with Crippen LogP contribution in [-0.4, -0.2) is 10.9 Å². The zero-order valence-corrected chi connectivity index (χ0v) is 5.67. The molecule has 46 valence electrons. The molecule has 1 nitrogen and oxygen atoms in total. The summed E-state index contributed by atoms with van der Waals surface area (Å²) < 4.78 is 0. The van der Waals surface area contributed by atoms with Crippen LogP contribution in [0, 0.1) is 0 Å². The van der Waals surface area contributed by atoms with Gasteiger partial charge in [-0.1, -0.05) is 18.2 Å². The molecule has 2 heteroatoms. The number of hydrogen-bond donors (Lipinski definition) is 0. The van der Waals surface area contributed by atoms with E-state index in [9.17, 15) is 4.79 Å². The largest absolute Gasteiger partial charge is 0.287 e. The normalized spacial score (nSPS) is 22.8. The van der Waals surface area contributed by atoms with Gasteiger partial charge >= 0.3 is 0 Å². The van der Waals surface area contributed by atoms with E-state index in [1.54, 1.807) is 0 Å². The van der Waals surface area contributed by atoms with Gasteiger partial charge in [-0.2, -0.15) is 0 Å². The van der Waals surface area contributed by atoms with Gasteiger partial charge in [0.15, 0.2) is 5.12 Å². The Hall–Kier alpha value is 0.0200. The molecular formula is C6H10OS. The van der Waals surface area contributed by atoms with E-state index >= 15 is 0 Å². The summed E-state index contributed by atoms with van der Waals surface area (Å²) in [5.74, 6) is 1.05. The first-order valence-electron chi connectivity index (χ1n) is 3.05. The average Bonchev–Trinajstić information content (AvgIpc) is 1.94. The molecule has 1 heterocycles. The third-order valence-electron chi connectivity index (χ3n) is 1.29. The van der Waals surface area contributed by atoms with Crippen molar-refractivity contribution in [3.8, 4) is 0 Å². The summed E-state index contributed by atoms with van der Waals surface area (Å²) in [6.07, 6.45) is 4.41. The minimum atomic E-state index is 0.391. The van der Waals surface area contributed by atoms with Crippen molar-refractivity contribution in [3.63, 3.8) is 0 Å². The van der Waals surface area contributed by atoms with Crippen molar-refractivity contribution in [2.75, 3.05) is 5.75 Å². The molecule has 0 aliphatic carbocycles. The van der Waals surface area contributed by atoms with Gasteiger partial charge in [0.25, 0.3) is 0 Å². The smallest absolute Gasteiger partial charge is 0.188 e. The molecule has 0 saturated carbocycles. The predicted molar refractivity (Wildman–Crippen MR) is 35.9 cm³/mol. The van der Waals surface area contributed by atoms with Gasteiger partial charge < -0.3 is 0 Å². The van der Waals surface area contributed by atoms with Crippen LogP contribution in [0.3, 0.4) is 0 Å². The van der Waals surface area contributed by atoms with E-state index in [2.05, 4.69) is 0 Å². The highest BCUT2D eigenvalue weighted by atomic mass is 32.2. The maximum atomic E-state index is 10.6. The van der Waals surface area contributed by atoms with Crippen molar-refractivity contribution in [2.24, 2.45) is 0 Å². The second kappa shape index (κ2) is 3.13. The second-order valence-corrected chi connectivity index (χ2v) is 3.18. The van der Waals surface area contributed by atoms with Crippen molar-refractivity contribution in [2.45, 2.75) is 25.7 Å². The van der Waals surface area contributed by atoms with Crippen LogP contribution >= 0.6 is 11.8 Å². The van der Waals surface area contributed by atoms with Crippen molar-refractivity contribution in [1.82, 2.24) is 0 Å². The summed E-state index contributed by atoms with van der Waals surface area (Å²) in [5.41, 5.74) is 0.